The van der Waals surface area contributed by atoms with Gasteiger partial charge in [-0.3, -0.25) is 9.36 Å². The van der Waals surface area contributed by atoms with Crippen LogP contribution in [0.15, 0.2) is 27.4 Å². The van der Waals surface area contributed by atoms with Gasteiger partial charge in [0.05, 0.1) is 5.52 Å². The lowest BCUT2D eigenvalue weighted by molar-refractivity contribution is -0.116. The minimum absolute atomic E-state index is 0.0700. The van der Waals surface area contributed by atoms with Crippen molar-refractivity contribution < 1.29 is 9.21 Å². The topological polar surface area (TPSA) is 79.5 Å². The van der Waals surface area contributed by atoms with Gasteiger partial charge in [0.15, 0.2) is 5.58 Å². The molecule has 22 heavy (non-hydrogen) atoms. The highest BCUT2D eigenvalue weighted by Crippen LogP contribution is 2.18. The molecule has 0 saturated carbocycles. The number of aromatic nitrogens is 1. The van der Waals surface area contributed by atoms with E-state index in [2.05, 4.69) is 10.6 Å². The van der Waals surface area contributed by atoms with E-state index in [4.69, 9.17) is 4.42 Å². The normalized spacial score (nSPS) is 11.3. The molecule has 0 bridgehead atoms. The van der Waals surface area contributed by atoms with Crippen LogP contribution in [0.1, 0.15) is 6.42 Å². The van der Waals surface area contributed by atoms with Gasteiger partial charge in [-0.15, -0.1) is 0 Å². The maximum Gasteiger partial charge on any atom is 0.419 e. The summed E-state index contributed by atoms with van der Waals surface area (Å²) in [6.45, 7) is 1.89. The van der Waals surface area contributed by atoms with Gasteiger partial charge in [0.2, 0.25) is 5.91 Å². The summed E-state index contributed by atoms with van der Waals surface area (Å²) in [5, 5.41) is 5.75. The van der Waals surface area contributed by atoms with E-state index in [0.717, 1.165) is 6.54 Å². The van der Waals surface area contributed by atoms with Crippen molar-refractivity contribution in [3.63, 3.8) is 0 Å². The molecule has 0 radical (unpaired) electrons. The Morgan fingerprint density at radius 3 is 2.82 bits per heavy atom. The van der Waals surface area contributed by atoms with E-state index in [1.54, 1.807) is 29.8 Å². The first-order valence-electron chi connectivity index (χ1n) is 7.24. The molecule has 1 aromatic carbocycles. The first-order valence-corrected chi connectivity index (χ1v) is 7.24. The molecule has 7 heteroatoms. The summed E-state index contributed by atoms with van der Waals surface area (Å²) in [4.78, 5) is 25.7. The van der Waals surface area contributed by atoms with Crippen LogP contribution in [0.4, 0.5) is 5.69 Å². The Kier molecular flexibility index (Phi) is 5.35. The zero-order valence-electron chi connectivity index (χ0n) is 13.2. The number of carbonyl (C=O) groups is 1. The van der Waals surface area contributed by atoms with Gasteiger partial charge in [-0.05, 0) is 39.3 Å². The van der Waals surface area contributed by atoms with Gasteiger partial charge < -0.3 is 20.0 Å². The van der Waals surface area contributed by atoms with E-state index in [1.807, 2.05) is 19.0 Å². The van der Waals surface area contributed by atoms with Crippen LogP contribution in [-0.2, 0) is 11.3 Å². The Labute approximate surface area is 128 Å². The second-order valence-corrected chi connectivity index (χ2v) is 5.41. The predicted octanol–water partition coefficient (Wildman–Crippen LogP) is 0.704. The van der Waals surface area contributed by atoms with Crippen LogP contribution >= 0.6 is 0 Å². The second-order valence-electron chi connectivity index (χ2n) is 5.41. The molecular formula is C15H22N4O3. The molecule has 0 saturated heterocycles. The number of amides is 1. The first-order chi connectivity index (χ1) is 10.5. The highest BCUT2D eigenvalue weighted by molar-refractivity contribution is 5.92. The highest BCUT2D eigenvalue weighted by Gasteiger charge is 2.11. The lowest BCUT2D eigenvalue weighted by Crippen LogP contribution is -2.23. The number of carbonyl (C=O) groups excluding carboxylic acids is 1. The smallest absolute Gasteiger partial charge is 0.408 e. The fourth-order valence-corrected chi connectivity index (χ4v) is 2.11. The van der Waals surface area contributed by atoms with Crippen molar-refractivity contribution in [1.82, 2.24) is 14.8 Å². The third kappa shape index (κ3) is 3.96. The fourth-order valence-electron chi connectivity index (χ4n) is 2.11. The number of hydrogen-bond donors (Lipinski definition) is 2. The minimum atomic E-state index is -0.379. The van der Waals surface area contributed by atoms with Gasteiger partial charge in [0.25, 0.3) is 0 Å². The molecule has 7 nitrogen and oxygen atoms in total. The second kappa shape index (κ2) is 7.24. The summed E-state index contributed by atoms with van der Waals surface area (Å²) >= 11 is 0. The molecule has 0 unspecified atom stereocenters. The number of oxazole rings is 1. The van der Waals surface area contributed by atoms with Gasteiger partial charge in [0, 0.05) is 31.7 Å². The van der Waals surface area contributed by atoms with E-state index >= 15 is 0 Å². The molecule has 2 N–H and O–H groups in total. The Balaban J connectivity index is 2.22. The van der Waals surface area contributed by atoms with Crippen LogP contribution in [0.2, 0.25) is 0 Å². The molecule has 0 aliphatic heterocycles. The number of anilines is 1. The number of fused-ring (bicyclic) bond motifs is 1. The number of nitrogens with one attached hydrogen (secondary N) is 2. The summed E-state index contributed by atoms with van der Waals surface area (Å²) in [6.07, 6.45) is 0.396. The summed E-state index contributed by atoms with van der Waals surface area (Å²) in [6, 6.07) is 5.21. The Hall–Kier alpha value is -2.12. The van der Waals surface area contributed by atoms with Crippen LogP contribution in [0, 0.1) is 0 Å². The number of benzene rings is 1. The molecule has 1 aromatic heterocycles. The zero-order chi connectivity index (χ0) is 16.1. The molecule has 0 aliphatic rings. The summed E-state index contributed by atoms with van der Waals surface area (Å²) < 4.78 is 6.80. The Morgan fingerprint density at radius 1 is 1.36 bits per heavy atom. The Bertz CT molecular complexity index is 702. The fraction of sp³-hybridized carbons (Fsp3) is 0.467. The standard InChI is InChI=1S/C15H22N4O3/c1-16-7-6-14(20)17-11-4-5-13-12(10-11)19(15(21)22-13)9-8-18(2)3/h4-5,10,16H,6-9H2,1-3H3,(H,17,20). The van der Waals surface area contributed by atoms with Crippen molar-refractivity contribution in [3.05, 3.63) is 28.7 Å². The van der Waals surface area contributed by atoms with E-state index in [0.29, 0.717) is 36.3 Å². The summed E-state index contributed by atoms with van der Waals surface area (Å²) in [5.41, 5.74) is 1.88. The third-order valence-electron chi connectivity index (χ3n) is 3.32. The average molecular weight is 306 g/mol. The van der Waals surface area contributed by atoms with E-state index in [1.165, 1.54) is 0 Å². The van der Waals surface area contributed by atoms with Gasteiger partial charge in [-0.2, -0.15) is 0 Å². The molecule has 2 aromatic rings. The monoisotopic (exact) mass is 306 g/mol. The average Bonchev–Trinajstić information content (AvgIpc) is 2.78. The molecule has 0 spiro atoms. The summed E-state index contributed by atoms with van der Waals surface area (Å²) in [5.74, 6) is -0.449. The lowest BCUT2D eigenvalue weighted by atomic mass is 10.2. The molecular weight excluding hydrogens is 284 g/mol. The molecule has 0 fully saturated rings. The largest absolute Gasteiger partial charge is 0.419 e. The minimum Gasteiger partial charge on any atom is -0.408 e. The van der Waals surface area contributed by atoms with Gasteiger partial charge in [0.1, 0.15) is 0 Å². The number of rotatable bonds is 7. The summed E-state index contributed by atoms with van der Waals surface area (Å²) in [7, 11) is 5.69. The van der Waals surface area contributed by atoms with Crippen LogP contribution in [0.25, 0.3) is 11.1 Å². The van der Waals surface area contributed by atoms with Crippen LogP contribution in [0.3, 0.4) is 0 Å². The van der Waals surface area contributed by atoms with Crippen molar-refractivity contribution in [2.45, 2.75) is 13.0 Å². The van der Waals surface area contributed by atoms with Crippen molar-refractivity contribution in [2.75, 3.05) is 39.5 Å². The van der Waals surface area contributed by atoms with Gasteiger partial charge in [-0.25, -0.2) is 4.79 Å². The number of hydrogen-bond acceptors (Lipinski definition) is 5. The molecule has 0 aliphatic carbocycles. The van der Waals surface area contributed by atoms with Crippen LogP contribution < -0.4 is 16.4 Å². The van der Waals surface area contributed by atoms with Crippen LogP contribution in [-0.4, -0.2) is 49.6 Å². The molecule has 2 rings (SSSR count). The predicted molar refractivity (Wildman–Crippen MR) is 86.2 cm³/mol. The van der Waals surface area contributed by atoms with E-state index in [9.17, 15) is 9.59 Å². The van der Waals surface area contributed by atoms with Gasteiger partial charge in [-0.1, -0.05) is 0 Å². The van der Waals surface area contributed by atoms with Crippen molar-refractivity contribution >= 4 is 22.7 Å². The van der Waals surface area contributed by atoms with E-state index in [-0.39, 0.29) is 11.7 Å². The van der Waals surface area contributed by atoms with Gasteiger partial charge >= 0.3 is 5.76 Å². The molecule has 1 heterocycles. The maximum atomic E-state index is 11.9. The molecule has 1 amide bonds. The van der Waals surface area contributed by atoms with Crippen molar-refractivity contribution in [1.29, 1.82) is 0 Å². The number of likely N-dealkylation sites (N-methyl/N-ethyl adjacent to an activating group) is 1. The SMILES string of the molecule is CNCCC(=O)Nc1ccc2oc(=O)n(CCN(C)C)c2c1. The van der Waals surface area contributed by atoms with Crippen LogP contribution in [0.5, 0.6) is 0 Å². The maximum absolute atomic E-state index is 11.9. The van der Waals surface area contributed by atoms with E-state index < -0.39 is 0 Å². The van der Waals surface area contributed by atoms with Crippen molar-refractivity contribution in [2.24, 2.45) is 0 Å². The zero-order valence-corrected chi connectivity index (χ0v) is 13.2. The lowest BCUT2D eigenvalue weighted by Gasteiger charge is -2.10. The quantitative estimate of drug-likeness (QED) is 0.787. The number of nitrogens with zero attached hydrogens (tertiary/aromatic N) is 2. The highest BCUT2D eigenvalue weighted by atomic mass is 16.4. The first kappa shape index (κ1) is 16.3. The molecule has 120 valence electrons. The van der Waals surface area contributed by atoms with Crippen molar-refractivity contribution in [3.8, 4) is 0 Å². The Morgan fingerprint density at radius 2 is 2.14 bits per heavy atom. The molecule has 0 atom stereocenters. The third-order valence-corrected chi connectivity index (χ3v) is 3.32.